The first-order valence-corrected chi connectivity index (χ1v) is 7.25. The number of phenols is 1. The van der Waals surface area contributed by atoms with Gasteiger partial charge in [-0.3, -0.25) is 4.79 Å². The molecule has 2 rings (SSSR count). The van der Waals surface area contributed by atoms with Crippen molar-refractivity contribution in [1.82, 2.24) is 0 Å². The molecule has 1 aromatic heterocycles. The van der Waals surface area contributed by atoms with Crippen LogP contribution >= 0.6 is 11.3 Å². The van der Waals surface area contributed by atoms with Crippen molar-refractivity contribution in [2.75, 3.05) is 5.32 Å². The lowest BCUT2D eigenvalue weighted by atomic mass is 10.1. The molecule has 1 heterocycles. The summed E-state index contributed by atoms with van der Waals surface area (Å²) in [5.74, 6) is -1.28. The number of hydrogen-bond acceptors (Lipinski definition) is 4. The second-order valence-electron chi connectivity index (χ2n) is 4.51. The Labute approximate surface area is 125 Å². The van der Waals surface area contributed by atoms with Gasteiger partial charge in [0.15, 0.2) is 0 Å². The highest BCUT2D eigenvalue weighted by atomic mass is 32.1. The molecule has 0 unspecified atom stereocenters. The fourth-order valence-electron chi connectivity index (χ4n) is 1.89. The van der Waals surface area contributed by atoms with E-state index in [9.17, 15) is 14.7 Å². The van der Waals surface area contributed by atoms with E-state index in [1.165, 1.54) is 23.5 Å². The van der Waals surface area contributed by atoms with Crippen LogP contribution in [0.2, 0.25) is 0 Å². The third kappa shape index (κ3) is 3.82. The lowest BCUT2D eigenvalue weighted by Gasteiger charge is -2.04. The van der Waals surface area contributed by atoms with E-state index >= 15 is 0 Å². The molecule has 0 atom stereocenters. The maximum atomic E-state index is 12.0. The molecule has 0 aliphatic heterocycles. The fraction of sp³-hybridized carbons (Fsp3) is 0.200. The number of carbonyl (C=O) groups excluding carboxylic acids is 1. The van der Waals surface area contributed by atoms with Crippen LogP contribution < -0.4 is 5.32 Å². The second-order valence-corrected chi connectivity index (χ2v) is 5.65. The van der Waals surface area contributed by atoms with Crippen LogP contribution in [0.1, 0.15) is 27.7 Å². The lowest BCUT2D eigenvalue weighted by Crippen LogP contribution is -2.15. The molecule has 5 nitrogen and oxygen atoms in total. The first-order chi connectivity index (χ1) is 9.99. The minimum atomic E-state index is -1.06. The first kappa shape index (κ1) is 15.1. The Balaban J connectivity index is 2.12. The number of rotatable bonds is 5. The monoisotopic (exact) mass is 305 g/mol. The van der Waals surface area contributed by atoms with Crippen molar-refractivity contribution in [2.45, 2.75) is 19.8 Å². The summed E-state index contributed by atoms with van der Waals surface area (Å²) in [6.45, 7) is 1.93. The number of benzene rings is 1. The van der Waals surface area contributed by atoms with E-state index in [1.54, 1.807) is 18.2 Å². The van der Waals surface area contributed by atoms with Crippen LogP contribution in [0.25, 0.3) is 0 Å². The van der Waals surface area contributed by atoms with Crippen molar-refractivity contribution in [2.24, 2.45) is 0 Å². The van der Waals surface area contributed by atoms with Crippen LogP contribution in [0, 0.1) is 0 Å². The average molecular weight is 305 g/mol. The van der Waals surface area contributed by atoms with Crippen LogP contribution in [-0.4, -0.2) is 22.1 Å². The molecule has 21 heavy (non-hydrogen) atoms. The SMILES string of the molecule is CCc1cc(C(=O)O)c(NC(=O)Cc2cccc(O)c2)s1. The Bertz CT molecular complexity index is 678. The molecule has 6 heteroatoms. The summed E-state index contributed by atoms with van der Waals surface area (Å²) in [4.78, 5) is 24.0. The normalized spacial score (nSPS) is 10.3. The molecule has 110 valence electrons. The zero-order valence-electron chi connectivity index (χ0n) is 11.4. The molecular formula is C15H15NO4S. The highest BCUT2D eigenvalue weighted by Crippen LogP contribution is 2.28. The standard InChI is InChI=1S/C15H15NO4S/c1-2-11-8-12(15(19)20)14(21-11)16-13(18)7-9-4-3-5-10(17)6-9/h3-6,8,17H,2,7H2,1H3,(H,16,18)(H,19,20). The molecule has 0 radical (unpaired) electrons. The van der Waals surface area contributed by atoms with E-state index in [4.69, 9.17) is 5.11 Å². The summed E-state index contributed by atoms with van der Waals surface area (Å²) < 4.78 is 0. The van der Waals surface area contributed by atoms with E-state index in [-0.39, 0.29) is 23.6 Å². The van der Waals surface area contributed by atoms with Gasteiger partial charge in [0, 0.05) is 4.88 Å². The molecular weight excluding hydrogens is 290 g/mol. The highest BCUT2D eigenvalue weighted by Gasteiger charge is 2.16. The Kier molecular flexibility index (Phi) is 4.59. The highest BCUT2D eigenvalue weighted by molar-refractivity contribution is 7.16. The van der Waals surface area contributed by atoms with Gasteiger partial charge in [-0.25, -0.2) is 4.79 Å². The maximum absolute atomic E-state index is 12.0. The molecule has 0 fully saturated rings. The van der Waals surface area contributed by atoms with E-state index in [2.05, 4.69) is 5.32 Å². The number of nitrogens with one attached hydrogen (secondary N) is 1. The fourth-order valence-corrected chi connectivity index (χ4v) is 2.90. The number of carbonyl (C=O) groups is 2. The summed E-state index contributed by atoms with van der Waals surface area (Å²) in [5, 5.41) is 21.5. The van der Waals surface area contributed by atoms with E-state index < -0.39 is 5.97 Å². The van der Waals surface area contributed by atoms with Gasteiger partial charge in [0.05, 0.1) is 12.0 Å². The van der Waals surface area contributed by atoms with Crippen LogP contribution in [0.15, 0.2) is 30.3 Å². The molecule has 2 aromatic rings. The van der Waals surface area contributed by atoms with Crippen molar-refractivity contribution >= 4 is 28.2 Å². The van der Waals surface area contributed by atoms with Crippen molar-refractivity contribution in [3.05, 3.63) is 46.3 Å². The quantitative estimate of drug-likeness (QED) is 0.792. The number of hydrogen-bond donors (Lipinski definition) is 3. The predicted octanol–water partition coefficient (Wildman–Crippen LogP) is 2.90. The van der Waals surface area contributed by atoms with Crippen molar-refractivity contribution in [3.63, 3.8) is 0 Å². The third-order valence-corrected chi connectivity index (χ3v) is 4.08. The molecule has 1 aromatic carbocycles. The van der Waals surface area contributed by atoms with Crippen molar-refractivity contribution in [3.8, 4) is 5.75 Å². The summed E-state index contributed by atoms with van der Waals surface area (Å²) in [7, 11) is 0. The molecule has 0 bridgehead atoms. The zero-order chi connectivity index (χ0) is 15.4. The average Bonchev–Trinajstić information content (AvgIpc) is 2.81. The number of carboxylic acids is 1. The summed E-state index contributed by atoms with van der Waals surface area (Å²) in [5.41, 5.74) is 0.776. The van der Waals surface area contributed by atoms with Crippen LogP contribution in [0.3, 0.4) is 0 Å². The summed E-state index contributed by atoms with van der Waals surface area (Å²) in [6.07, 6.45) is 0.792. The number of amides is 1. The van der Waals surface area contributed by atoms with Gasteiger partial charge >= 0.3 is 5.97 Å². The number of anilines is 1. The Morgan fingerprint density at radius 1 is 1.29 bits per heavy atom. The smallest absolute Gasteiger partial charge is 0.338 e. The number of aromatic hydroxyl groups is 1. The third-order valence-electron chi connectivity index (χ3n) is 2.89. The Hall–Kier alpha value is -2.34. The van der Waals surface area contributed by atoms with Crippen molar-refractivity contribution in [1.29, 1.82) is 0 Å². The molecule has 3 N–H and O–H groups in total. The molecule has 1 amide bonds. The minimum absolute atomic E-state index is 0.0762. The van der Waals surface area contributed by atoms with Gasteiger partial charge < -0.3 is 15.5 Å². The van der Waals surface area contributed by atoms with Crippen LogP contribution in [-0.2, 0) is 17.6 Å². The molecule has 0 saturated carbocycles. The van der Waals surface area contributed by atoms with Gasteiger partial charge in [-0.15, -0.1) is 11.3 Å². The van der Waals surface area contributed by atoms with Gasteiger partial charge in [-0.2, -0.15) is 0 Å². The Morgan fingerprint density at radius 3 is 2.67 bits per heavy atom. The molecule has 0 aliphatic rings. The predicted molar refractivity (Wildman–Crippen MR) is 81.1 cm³/mol. The zero-order valence-corrected chi connectivity index (χ0v) is 12.2. The lowest BCUT2D eigenvalue weighted by molar-refractivity contribution is -0.115. The largest absolute Gasteiger partial charge is 0.508 e. The van der Waals surface area contributed by atoms with E-state index in [0.717, 1.165) is 4.88 Å². The van der Waals surface area contributed by atoms with Gasteiger partial charge in [0.25, 0.3) is 0 Å². The van der Waals surface area contributed by atoms with Gasteiger partial charge in [0.1, 0.15) is 10.8 Å². The van der Waals surface area contributed by atoms with Crippen molar-refractivity contribution < 1.29 is 19.8 Å². The molecule has 0 aliphatic carbocycles. The van der Waals surface area contributed by atoms with E-state index in [0.29, 0.717) is 17.0 Å². The number of carboxylic acid groups (broad SMARTS) is 1. The first-order valence-electron chi connectivity index (χ1n) is 6.43. The maximum Gasteiger partial charge on any atom is 0.338 e. The van der Waals surface area contributed by atoms with E-state index in [1.807, 2.05) is 6.92 Å². The van der Waals surface area contributed by atoms with Crippen LogP contribution in [0.5, 0.6) is 5.75 Å². The number of aryl methyl sites for hydroxylation is 1. The van der Waals surface area contributed by atoms with Gasteiger partial charge in [-0.05, 0) is 30.2 Å². The minimum Gasteiger partial charge on any atom is -0.508 e. The summed E-state index contributed by atoms with van der Waals surface area (Å²) >= 11 is 1.27. The van der Waals surface area contributed by atoms with Gasteiger partial charge in [0.2, 0.25) is 5.91 Å². The number of phenolic OH excluding ortho intramolecular Hbond substituents is 1. The van der Waals surface area contributed by atoms with Gasteiger partial charge in [-0.1, -0.05) is 19.1 Å². The number of aromatic carboxylic acids is 1. The molecule has 0 saturated heterocycles. The summed E-state index contributed by atoms with van der Waals surface area (Å²) in [6, 6.07) is 7.99. The second kappa shape index (κ2) is 6.41. The Morgan fingerprint density at radius 2 is 2.05 bits per heavy atom. The number of thiophene rings is 1. The molecule has 0 spiro atoms. The van der Waals surface area contributed by atoms with Crippen LogP contribution in [0.4, 0.5) is 5.00 Å². The topological polar surface area (TPSA) is 86.6 Å².